The van der Waals surface area contributed by atoms with Crippen molar-refractivity contribution < 1.29 is 14.2 Å². The SMILES string of the molecule is CCNC(c1ccc2c(c1)OCCCO2)C1CCC(C)O1. The third-order valence-electron chi connectivity index (χ3n) is 4.19. The summed E-state index contributed by atoms with van der Waals surface area (Å²) in [7, 11) is 0. The molecule has 3 atom stereocenters. The molecule has 4 nitrogen and oxygen atoms in total. The fraction of sp³-hybridized carbons (Fsp3) is 0.647. The number of fused-ring (bicyclic) bond motifs is 1. The van der Waals surface area contributed by atoms with Crippen molar-refractivity contribution in [3.8, 4) is 11.5 Å². The van der Waals surface area contributed by atoms with E-state index in [1.807, 2.05) is 6.07 Å². The smallest absolute Gasteiger partial charge is 0.161 e. The molecule has 0 bridgehead atoms. The van der Waals surface area contributed by atoms with E-state index in [2.05, 4.69) is 31.3 Å². The van der Waals surface area contributed by atoms with Crippen LogP contribution in [0, 0.1) is 0 Å². The molecule has 0 aliphatic carbocycles. The van der Waals surface area contributed by atoms with Crippen LogP contribution in [0.25, 0.3) is 0 Å². The number of ether oxygens (including phenoxy) is 3. The summed E-state index contributed by atoms with van der Waals surface area (Å²) in [6, 6.07) is 6.49. The van der Waals surface area contributed by atoms with Crippen molar-refractivity contribution in [2.75, 3.05) is 19.8 Å². The van der Waals surface area contributed by atoms with E-state index in [-0.39, 0.29) is 12.1 Å². The maximum Gasteiger partial charge on any atom is 0.161 e. The molecule has 1 saturated heterocycles. The molecule has 0 spiro atoms. The number of rotatable bonds is 4. The van der Waals surface area contributed by atoms with Crippen LogP contribution >= 0.6 is 0 Å². The fourth-order valence-corrected chi connectivity index (χ4v) is 3.14. The molecule has 1 aromatic rings. The molecule has 1 N–H and O–H groups in total. The van der Waals surface area contributed by atoms with Crippen molar-refractivity contribution >= 4 is 0 Å². The van der Waals surface area contributed by atoms with Gasteiger partial charge in [0.05, 0.1) is 31.5 Å². The second-order valence-electron chi connectivity index (χ2n) is 5.85. The first-order chi connectivity index (χ1) is 10.3. The predicted octanol–water partition coefficient (Wildman–Crippen LogP) is 3.07. The molecule has 2 aliphatic rings. The molecule has 0 amide bonds. The van der Waals surface area contributed by atoms with Crippen molar-refractivity contribution in [2.45, 2.75) is 51.4 Å². The minimum Gasteiger partial charge on any atom is -0.490 e. The summed E-state index contributed by atoms with van der Waals surface area (Å²) in [4.78, 5) is 0. The molecule has 0 saturated carbocycles. The van der Waals surface area contributed by atoms with Gasteiger partial charge in [0.2, 0.25) is 0 Å². The lowest BCUT2D eigenvalue weighted by atomic mass is 9.98. The lowest BCUT2D eigenvalue weighted by Crippen LogP contribution is -2.32. The Balaban J connectivity index is 1.83. The first kappa shape index (κ1) is 14.7. The van der Waals surface area contributed by atoms with E-state index in [0.717, 1.165) is 50.5 Å². The topological polar surface area (TPSA) is 39.7 Å². The molecular formula is C17H25NO3. The zero-order valence-corrected chi connectivity index (χ0v) is 12.9. The highest BCUT2D eigenvalue weighted by Crippen LogP contribution is 2.36. The van der Waals surface area contributed by atoms with E-state index in [0.29, 0.717) is 6.10 Å². The van der Waals surface area contributed by atoms with Crippen LogP contribution in [0.2, 0.25) is 0 Å². The van der Waals surface area contributed by atoms with Crippen LogP contribution in [0.1, 0.15) is 44.7 Å². The van der Waals surface area contributed by atoms with Gasteiger partial charge < -0.3 is 19.5 Å². The summed E-state index contributed by atoms with van der Waals surface area (Å²) in [5.41, 5.74) is 1.22. The molecule has 3 rings (SSSR count). The van der Waals surface area contributed by atoms with Crippen molar-refractivity contribution in [3.63, 3.8) is 0 Å². The number of hydrogen-bond donors (Lipinski definition) is 1. The van der Waals surface area contributed by atoms with Crippen molar-refractivity contribution in [1.29, 1.82) is 0 Å². The van der Waals surface area contributed by atoms with Gasteiger partial charge >= 0.3 is 0 Å². The van der Waals surface area contributed by atoms with Gasteiger partial charge in [-0.3, -0.25) is 0 Å². The Kier molecular flexibility index (Phi) is 4.66. The first-order valence-corrected chi connectivity index (χ1v) is 8.06. The second-order valence-corrected chi connectivity index (χ2v) is 5.85. The lowest BCUT2D eigenvalue weighted by molar-refractivity contribution is 0.0319. The van der Waals surface area contributed by atoms with Crippen molar-refractivity contribution in [2.24, 2.45) is 0 Å². The Morgan fingerprint density at radius 2 is 2.00 bits per heavy atom. The molecule has 2 heterocycles. The predicted molar refractivity (Wildman–Crippen MR) is 82.0 cm³/mol. The van der Waals surface area contributed by atoms with Crippen molar-refractivity contribution in [1.82, 2.24) is 5.32 Å². The Bertz CT molecular complexity index is 477. The average molecular weight is 291 g/mol. The molecule has 2 aliphatic heterocycles. The van der Waals surface area contributed by atoms with Crippen LogP contribution < -0.4 is 14.8 Å². The Labute approximate surface area is 126 Å². The minimum absolute atomic E-state index is 0.220. The number of benzene rings is 1. The van der Waals surface area contributed by atoms with Crippen LogP contribution in [0.15, 0.2) is 18.2 Å². The average Bonchev–Trinajstić information content (AvgIpc) is 2.78. The van der Waals surface area contributed by atoms with E-state index in [4.69, 9.17) is 14.2 Å². The first-order valence-electron chi connectivity index (χ1n) is 8.06. The summed E-state index contributed by atoms with van der Waals surface area (Å²) >= 11 is 0. The standard InChI is InChI=1S/C17H25NO3/c1-3-18-17(15-7-5-12(2)21-15)13-6-8-14-16(11-13)20-10-4-9-19-14/h6,8,11-12,15,17-18H,3-5,7,9-10H2,1-2H3. The zero-order valence-electron chi connectivity index (χ0n) is 12.9. The molecule has 1 aromatic carbocycles. The van der Waals surface area contributed by atoms with Gasteiger partial charge in [0.1, 0.15) is 0 Å². The fourth-order valence-electron chi connectivity index (χ4n) is 3.14. The second kappa shape index (κ2) is 6.67. The Morgan fingerprint density at radius 1 is 1.19 bits per heavy atom. The number of hydrogen-bond acceptors (Lipinski definition) is 4. The molecular weight excluding hydrogens is 266 g/mol. The molecule has 21 heavy (non-hydrogen) atoms. The van der Waals surface area contributed by atoms with Crippen LogP contribution in [0.4, 0.5) is 0 Å². The number of nitrogens with one attached hydrogen (secondary N) is 1. The van der Waals surface area contributed by atoms with E-state index in [1.165, 1.54) is 5.56 Å². The van der Waals surface area contributed by atoms with Gasteiger partial charge in [-0.2, -0.15) is 0 Å². The Morgan fingerprint density at radius 3 is 2.71 bits per heavy atom. The maximum atomic E-state index is 6.06. The van der Waals surface area contributed by atoms with E-state index < -0.39 is 0 Å². The van der Waals surface area contributed by atoms with Gasteiger partial charge in [-0.15, -0.1) is 0 Å². The molecule has 1 fully saturated rings. The van der Waals surface area contributed by atoms with E-state index in [9.17, 15) is 0 Å². The Hall–Kier alpha value is -1.26. The van der Waals surface area contributed by atoms with E-state index in [1.54, 1.807) is 0 Å². The highest BCUT2D eigenvalue weighted by Gasteiger charge is 2.30. The third-order valence-corrected chi connectivity index (χ3v) is 4.19. The van der Waals surface area contributed by atoms with Gasteiger partial charge in [-0.1, -0.05) is 13.0 Å². The summed E-state index contributed by atoms with van der Waals surface area (Å²) in [5.74, 6) is 1.71. The maximum absolute atomic E-state index is 6.06. The summed E-state index contributed by atoms with van der Waals surface area (Å²) in [6.45, 7) is 6.66. The lowest BCUT2D eigenvalue weighted by Gasteiger charge is -2.25. The normalized spacial score (nSPS) is 26.4. The van der Waals surface area contributed by atoms with Crippen LogP contribution in [-0.2, 0) is 4.74 Å². The van der Waals surface area contributed by atoms with Gasteiger partial charge in [0, 0.05) is 6.42 Å². The van der Waals surface area contributed by atoms with E-state index >= 15 is 0 Å². The zero-order chi connectivity index (χ0) is 14.7. The largest absolute Gasteiger partial charge is 0.490 e. The van der Waals surface area contributed by atoms with Crippen molar-refractivity contribution in [3.05, 3.63) is 23.8 Å². The molecule has 116 valence electrons. The van der Waals surface area contributed by atoms with Crippen LogP contribution in [0.3, 0.4) is 0 Å². The quantitative estimate of drug-likeness (QED) is 0.925. The molecule has 0 aromatic heterocycles. The minimum atomic E-state index is 0.220. The highest BCUT2D eigenvalue weighted by atomic mass is 16.5. The molecule has 0 radical (unpaired) electrons. The highest BCUT2D eigenvalue weighted by molar-refractivity contribution is 5.44. The number of likely N-dealkylation sites (N-methyl/N-ethyl adjacent to an activating group) is 1. The summed E-state index contributed by atoms with van der Waals surface area (Å²) in [5, 5.41) is 3.56. The summed E-state index contributed by atoms with van der Waals surface area (Å²) in [6.07, 6.45) is 3.77. The third kappa shape index (κ3) is 3.33. The van der Waals surface area contributed by atoms with Crippen LogP contribution in [-0.4, -0.2) is 32.0 Å². The molecule has 4 heteroatoms. The summed E-state index contributed by atoms with van der Waals surface area (Å²) < 4.78 is 17.6. The van der Waals surface area contributed by atoms with Gasteiger partial charge in [0.15, 0.2) is 11.5 Å². The van der Waals surface area contributed by atoms with Gasteiger partial charge in [0.25, 0.3) is 0 Å². The van der Waals surface area contributed by atoms with Crippen LogP contribution in [0.5, 0.6) is 11.5 Å². The molecule has 3 unspecified atom stereocenters. The van der Waals surface area contributed by atoms with Gasteiger partial charge in [-0.05, 0) is 44.0 Å². The van der Waals surface area contributed by atoms with Gasteiger partial charge in [-0.25, -0.2) is 0 Å². The monoisotopic (exact) mass is 291 g/mol.